The largest absolute Gasteiger partial charge is 0.492 e. The summed E-state index contributed by atoms with van der Waals surface area (Å²) in [4.78, 5) is 20.7. The Labute approximate surface area is 177 Å². The van der Waals surface area contributed by atoms with Crippen molar-refractivity contribution in [3.63, 3.8) is 0 Å². The van der Waals surface area contributed by atoms with E-state index in [1.807, 2.05) is 37.4 Å². The Morgan fingerprint density at radius 3 is 2.76 bits per heavy atom. The third kappa shape index (κ3) is 2.90. The number of thiophene rings is 1. The van der Waals surface area contributed by atoms with Gasteiger partial charge in [-0.2, -0.15) is 0 Å². The van der Waals surface area contributed by atoms with E-state index in [1.54, 1.807) is 15.9 Å². The highest BCUT2D eigenvalue weighted by molar-refractivity contribution is 7.98. The summed E-state index contributed by atoms with van der Waals surface area (Å²) in [5.41, 5.74) is 4.45. The van der Waals surface area contributed by atoms with Gasteiger partial charge in [-0.25, -0.2) is 4.98 Å². The molecule has 0 spiro atoms. The molecule has 1 aliphatic carbocycles. The van der Waals surface area contributed by atoms with Crippen LogP contribution in [-0.4, -0.2) is 22.4 Å². The van der Waals surface area contributed by atoms with Crippen LogP contribution in [0.15, 0.2) is 58.5 Å². The molecule has 5 rings (SSSR count). The minimum absolute atomic E-state index is 0.0108. The minimum Gasteiger partial charge on any atom is -0.492 e. The third-order valence-corrected chi connectivity index (χ3v) is 7.09. The Kier molecular flexibility index (Phi) is 4.68. The topological polar surface area (TPSA) is 44.1 Å². The lowest BCUT2D eigenvalue weighted by Crippen LogP contribution is -2.22. The normalized spacial score (nSPS) is 12.6. The second-order valence-corrected chi connectivity index (χ2v) is 8.66. The van der Waals surface area contributed by atoms with Crippen molar-refractivity contribution in [2.24, 2.45) is 0 Å². The van der Waals surface area contributed by atoms with Crippen molar-refractivity contribution >= 4 is 33.3 Å². The van der Waals surface area contributed by atoms with Crippen molar-refractivity contribution < 1.29 is 4.74 Å². The Morgan fingerprint density at radius 2 is 1.93 bits per heavy atom. The smallest absolute Gasteiger partial charge is 0.267 e. The molecular formula is C23H20N2O2S2. The first-order valence-corrected chi connectivity index (χ1v) is 11.7. The van der Waals surface area contributed by atoms with Crippen molar-refractivity contribution in [3.05, 3.63) is 70.0 Å². The maximum absolute atomic E-state index is 13.8. The van der Waals surface area contributed by atoms with E-state index >= 15 is 0 Å². The molecule has 2 heterocycles. The zero-order chi connectivity index (χ0) is 20.0. The molecule has 0 atom stereocenters. The predicted molar refractivity (Wildman–Crippen MR) is 121 cm³/mol. The highest BCUT2D eigenvalue weighted by Crippen LogP contribution is 2.42. The number of hydrogen-bond acceptors (Lipinski definition) is 5. The molecule has 4 nitrogen and oxygen atoms in total. The van der Waals surface area contributed by atoms with E-state index in [0.29, 0.717) is 17.5 Å². The molecule has 0 aliphatic heterocycles. The van der Waals surface area contributed by atoms with Crippen LogP contribution in [0.25, 0.3) is 26.3 Å². The molecule has 0 saturated carbocycles. The second kappa shape index (κ2) is 7.35. The maximum atomic E-state index is 13.8. The molecule has 0 amide bonds. The average Bonchev–Trinajstić information content (AvgIpc) is 3.14. The van der Waals surface area contributed by atoms with Crippen molar-refractivity contribution in [1.82, 2.24) is 9.55 Å². The molecule has 29 heavy (non-hydrogen) atoms. The minimum atomic E-state index is -0.0108. The van der Waals surface area contributed by atoms with E-state index in [0.717, 1.165) is 34.3 Å². The van der Waals surface area contributed by atoms with E-state index in [1.165, 1.54) is 27.8 Å². The molecule has 0 N–H and O–H groups in total. The molecule has 2 aromatic carbocycles. The number of nitrogens with zero attached hydrogens (tertiary/aromatic N) is 2. The number of ether oxygens (including phenoxy) is 1. The Balaban J connectivity index is 1.82. The number of thioether (sulfide) groups is 1. The van der Waals surface area contributed by atoms with Crippen molar-refractivity contribution in [3.8, 4) is 21.9 Å². The number of aromatic nitrogens is 2. The van der Waals surface area contributed by atoms with Crippen LogP contribution >= 0.6 is 23.1 Å². The molecule has 2 aromatic heterocycles. The van der Waals surface area contributed by atoms with Gasteiger partial charge < -0.3 is 4.74 Å². The van der Waals surface area contributed by atoms with Gasteiger partial charge in [0.15, 0.2) is 5.16 Å². The fourth-order valence-electron chi connectivity index (χ4n) is 4.03. The summed E-state index contributed by atoms with van der Waals surface area (Å²) in [6, 6.07) is 16.2. The Hall–Kier alpha value is -2.57. The third-order valence-electron chi connectivity index (χ3n) is 5.29. The molecule has 6 heteroatoms. The van der Waals surface area contributed by atoms with Crippen LogP contribution in [0.3, 0.4) is 0 Å². The summed E-state index contributed by atoms with van der Waals surface area (Å²) in [6.45, 7) is 2.49. The van der Waals surface area contributed by atoms with E-state index < -0.39 is 0 Å². The van der Waals surface area contributed by atoms with Gasteiger partial charge in [-0.05, 0) is 54.8 Å². The van der Waals surface area contributed by atoms with Crippen molar-refractivity contribution in [1.29, 1.82) is 0 Å². The number of hydrogen-bond donors (Lipinski definition) is 0. The maximum Gasteiger partial charge on any atom is 0.267 e. The van der Waals surface area contributed by atoms with Crippen LogP contribution in [0, 0.1) is 0 Å². The van der Waals surface area contributed by atoms with E-state index in [-0.39, 0.29) is 5.56 Å². The molecular weight excluding hydrogens is 400 g/mol. The highest BCUT2D eigenvalue weighted by atomic mass is 32.2. The molecule has 0 fully saturated rings. The summed E-state index contributed by atoms with van der Waals surface area (Å²) in [5, 5.41) is 1.44. The molecule has 0 unspecified atom stereocenters. The van der Waals surface area contributed by atoms with Gasteiger partial charge in [0.25, 0.3) is 5.56 Å². The van der Waals surface area contributed by atoms with Crippen LogP contribution < -0.4 is 10.3 Å². The van der Waals surface area contributed by atoms with Gasteiger partial charge in [0.1, 0.15) is 10.6 Å². The lowest BCUT2D eigenvalue weighted by atomic mass is 9.90. The number of para-hydroxylation sites is 2. The standard InChI is InChI=1S/C23H20N2O2S2/c1-3-27-18-11-7-6-10-17(18)25-22(26)19-16-13-12-14-8-4-5-9-15(14)20(16)29-21(19)24-23(25)28-2/h4-11H,3,12-13H2,1-2H3. The molecule has 0 saturated heterocycles. The fraction of sp³-hybridized carbons (Fsp3) is 0.217. The first-order chi connectivity index (χ1) is 14.2. The van der Waals surface area contributed by atoms with E-state index in [9.17, 15) is 4.79 Å². The van der Waals surface area contributed by atoms with Gasteiger partial charge >= 0.3 is 0 Å². The molecule has 1 aliphatic rings. The van der Waals surface area contributed by atoms with Gasteiger partial charge in [-0.1, -0.05) is 48.2 Å². The summed E-state index contributed by atoms with van der Waals surface area (Å²) in [5.74, 6) is 0.697. The van der Waals surface area contributed by atoms with Crippen LogP contribution in [0.4, 0.5) is 0 Å². The molecule has 0 radical (unpaired) electrons. The lowest BCUT2D eigenvalue weighted by Gasteiger charge is -2.17. The quantitative estimate of drug-likeness (QED) is 0.330. The first-order valence-electron chi connectivity index (χ1n) is 9.65. The van der Waals surface area contributed by atoms with Crippen LogP contribution in [0.2, 0.25) is 0 Å². The summed E-state index contributed by atoms with van der Waals surface area (Å²) in [7, 11) is 0. The molecule has 146 valence electrons. The average molecular weight is 421 g/mol. The molecule has 4 aromatic rings. The second-order valence-electron chi connectivity index (χ2n) is 6.89. The number of aryl methyl sites for hydroxylation is 2. The van der Waals surface area contributed by atoms with E-state index in [2.05, 4.69) is 24.3 Å². The van der Waals surface area contributed by atoms with E-state index in [4.69, 9.17) is 9.72 Å². The summed E-state index contributed by atoms with van der Waals surface area (Å²) in [6.07, 6.45) is 3.78. The van der Waals surface area contributed by atoms with Crippen LogP contribution in [-0.2, 0) is 12.8 Å². The van der Waals surface area contributed by atoms with Gasteiger partial charge in [0.2, 0.25) is 0 Å². The number of fused-ring (bicyclic) bond motifs is 5. The lowest BCUT2D eigenvalue weighted by molar-refractivity contribution is 0.338. The molecule has 0 bridgehead atoms. The summed E-state index contributed by atoms with van der Waals surface area (Å²) >= 11 is 3.12. The summed E-state index contributed by atoms with van der Waals surface area (Å²) < 4.78 is 7.52. The Morgan fingerprint density at radius 1 is 1.14 bits per heavy atom. The number of benzene rings is 2. The van der Waals surface area contributed by atoms with Gasteiger partial charge in [0.05, 0.1) is 17.7 Å². The van der Waals surface area contributed by atoms with Gasteiger partial charge in [-0.15, -0.1) is 11.3 Å². The van der Waals surface area contributed by atoms with Crippen LogP contribution in [0.1, 0.15) is 18.1 Å². The SMILES string of the molecule is CCOc1ccccc1-n1c(SC)nc2sc3c(c2c1=O)CCc1ccccc1-3. The van der Waals surface area contributed by atoms with Crippen LogP contribution in [0.5, 0.6) is 5.75 Å². The van der Waals surface area contributed by atoms with Crippen molar-refractivity contribution in [2.75, 3.05) is 12.9 Å². The monoisotopic (exact) mass is 420 g/mol. The van der Waals surface area contributed by atoms with Gasteiger partial charge in [-0.3, -0.25) is 9.36 Å². The first kappa shape index (κ1) is 18.5. The fourth-order valence-corrected chi connectivity index (χ4v) is 5.91. The Bertz CT molecular complexity index is 1290. The number of rotatable bonds is 4. The predicted octanol–water partition coefficient (Wildman–Crippen LogP) is 5.33. The van der Waals surface area contributed by atoms with Crippen molar-refractivity contribution in [2.45, 2.75) is 24.9 Å². The zero-order valence-corrected chi connectivity index (χ0v) is 17.9. The zero-order valence-electron chi connectivity index (χ0n) is 16.3. The van der Waals surface area contributed by atoms with Gasteiger partial charge in [0, 0.05) is 4.88 Å². The highest BCUT2D eigenvalue weighted by Gasteiger charge is 2.26.